The van der Waals surface area contributed by atoms with Crippen LogP contribution in [-0.4, -0.2) is 22.7 Å². The number of hydrogen-bond acceptors (Lipinski definition) is 4. The van der Waals surface area contributed by atoms with Crippen molar-refractivity contribution in [3.05, 3.63) is 16.1 Å². The molecule has 0 aromatic carbocycles. The molecule has 0 aliphatic rings. The second-order valence-electron chi connectivity index (χ2n) is 3.73. The van der Waals surface area contributed by atoms with Crippen molar-refractivity contribution in [1.82, 2.24) is 10.3 Å². The van der Waals surface area contributed by atoms with Crippen LogP contribution >= 0.6 is 11.3 Å². The molecule has 0 aliphatic heterocycles. The van der Waals surface area contributed by atoms with Crippen molar-refractivity contribution in [2.45, 2.75) is 45.8 Å². The van der Waals surface area contributed by atoms with E-state index in [0.717, 1.165) is 37.4 Å². The van der Waals surface area contributed by atoms with E-state index in [2.05, 4.69) is 10.3 Å². The molecule has 0 bridgehead atoms. The van der Waals surface area contributed by atoms with Gasteiger partial charge in [0.05, 0.1) is 11.1 Å². The Morgan fingerprint density at radius 2 is 2.40 bits per heavy atom. The van der Waals surface area contributed by atoms with E-state index in [4.69, 9.17) is 0 Å². The Balaban J connectivity index is 2.02. The van der Waals surface area contributed by atoms with Crippen LogP contribution in [0.3, 0.4) is 0 Å². The SMILES string of the molecule is CCC(O)CCCNCc1cnc(C)s1. The minimum atomic E-state index is -0.127. The van der Waals surface area contributed by atoms with Crippen LogP contribution in [0, 0.1) is 6.92 Å². The molecule has 1 aromatic heterocycles. The predicted molar refractivity (Wildman–Crippen MR) is 64.1 cm³/mol. The average Bonchev–Trinajstić information content (AvgIpc) is 2.63. The van der Waals surface area contributed by atoms with Crippen LogP contribution in [0.1, 0.15) is 36.1 Å². The van der Waals surface area contributed by atoms with E-state index in [-0.39, 0.29) is 6.10 Å². The summed E-state index contributed by atoms with van der Waals surface area (Å²) in [4.78, 5) is 5.48. The van der Waals surface area contributed by atoms with Gasteiger partial charge in [0, 0.05) is 17.6 Å². The van der Waals surface area contributed by atoms with Crippen LogP contribution in [0.5, 0.6) is 0 Å². The lowest BCUT2D eigenvalue weighted by Gasteiger charge is -2.07. The van der Waals surface area contributed by atoms with Crippen molar-refractivity contribution in [3.63, 3.8) is 0 Å². The van der Waals surface area contributed by atoms with E-state index in [1.54, 1.807) is 11.3 Å². The van der Waals surface area contributed by atoms with Crippen molar-refractivity contribution >= 4 is 11.3 Å². The second kappa shape index (κ2) is 6.93. The smallest absolute Gasteiger partial charge is 0.0897 e. The van der Waals surface area contributed by atoms with Gasteiger partial charge in [0.15, 0.2) is 0 Å². The maximum atomic E-state index is 9.34. The molecule has 0 saturated heterocycles. The molecule has 1 atom stereocenters. The molecule has 1 unspecified atom stereocenters. The zero-order chi connectivity index (χ0) is 11.1. The minimum absolute atomic E-state index is 0.127. The topological polar surface area (TPSA) is 45.1 Å². The van der Waals surface area contributed by atoms with Crippen molar-refractivity contribution in [2.75, 3.05) is 6.54 Å². The van der Waals surface area contributed by atoms with Gasteiger partial charge >= 0.3 is 0 Å². The van der Waals surface area contributed by atoms with E-state index in [1.807, 2.05) is 20.0 Å². The molecule has 3 nitrogen and oxygen atoms in total. The fourth-order valence-corrected chi connectivity index (χ4v) is 2.13. The molecule has 1 rings (SSSR count). The molecule has 86 valence electrons. The van der Waals surface area contributed by atoms with Crippen LogP contribution in [0.4, 0.5) is 0 Å². The molecule has 0 fully saturated rings. The molecular formula is C11H20N2OS. The number of nitrogens with one attached hydrogen (secondary N) is 1. The summed E-state index contributed by atoms with van der Waals surface area (Å²) in [6.07, 6.45) is 4.58. The van der Waals surface area contributed by atoms with E-state index in [1.165, 1.54) is 4.88 Å². The number of aliphatic hydroxyl groups excluding tert-OH is 1. The monoisotopic (exact) mass is 228 g/mol. The zero-order valence-electron chi connectivity index (χ0n) is 9.49. The highest BCUT2D eigenvalue weighted by Crippen LogP contribution is 2.10. The lowest BCUT2D eigenvalue weighted by Crippen LogP contribution is -2.16. The summed E-state index contributed by atoms with van der Waals surface area (Å²) in [5.41, 5.74) is 0. The Bertz CT molecular complexity index is 275. The minimum Gasteiger partial charge on any atom is -0.393 e. The van der Waals surface area contributed by atoms with E-state index < -0.39 is 0 Å². The fourth-order valence-electron chi connectivity index (χ4n) is 1.37. The number of aliphatic hydroxyl groups is 1. The predicted octanol–water partition coefficient (Wildman–Crippen LogP) is 2.09. The van der Waals surface area contributed by atoms with Crippen LogP contribution in [0.15, 0.2) is 6.20 Å². The van der Waals surface area contributed by atoms with Gasteiger partial charge in [0.1, 0.15) is 0 Å². The molecule has 2 N–H and O–H groups in total. The Kier molecular flexibility index (Phi) is 5.83. The summed E-state index contributed by atoms with van der Waals surface area (Å²) >= 11 is 1.73. The van der Waals surface area contributed by atoms with Gasteiger partial charge in [0.2, 0.25) is 0 Å². The number of nitrogens with zero attached hydrogens (tertiary/aromatic N) is 1. The maximum Gasteiger partial charge on any atom is 0.0897 e. The first-order valence-electron chi connectivity index (χ1n) is 5.52. The molecule has 4 heteroatoms. The fraction of sp³-hybridized carbons (Fsp3) is 0.727. The number of aryl methyl sites for hydroxylation is 1. The van der Waals surface area contributed by atoms with Gasteiger partial charge in [-0.1, -0.05) is 6.92 Å². The molecular weight excluding hydrogens is 208 g/mol. The molecule has 0 radical (unpaired) electrons. The summed E-state index contributed by atoms with van der Waals surface area (Å²) in [5, 5.41) is 13.8. The Morgan fingerprint density at radius 3 is 3.00 bits per heavy atom. The summed E-state index contributed by atoms with van der Waals surface area (Å²) in [5.74, 6) is 0. The lowest BCUT2D eigenvalue weighted by molar-refractivity contribution is 0.157. The number of rotatable bonds is 7. The lowest BCUT2D eigenvalue weighted by atomic mass is 10.1. The van der Waals surface area contributed by atoms with Crippen molar-refractivity contribution in [2.24, 2.45) is 0 Å². The van der Waals surface area contributed by atoms with Gasteiger partial charge < -0.3 is 10.4 Å². The molecule has 0 amide bonds. The molecule has 0 saturated carbocycles. The highest BCUT2D eigenvalue weighted by Gasteiger charge is 2.00. The highest BCUT2D eigenvalue weighted by atomic mass is 32.1. The first-order chi connectivity index (χ1) is 7.22. The van der Waals surface area contributed by atoms with Crippen molar-refractivity contribution in [1.29, 1.82) is 0 Å². The third-order valence-corrected chi connectivity index (χ3v) is 3.24. The summed E-state index contributed by atoms with van der Waals surface area (Å²) < 4.78 is 0. The number of aromatic nitrogens is 1. The molecule has 0 spiro atoms. The molecule has 0 aliphatic carbocycles. The van der Waals surface area contributed by atoms with Crippen molar-refractivity contribution < 1.29 is 5.11 Å². The third-order valence-electron chi connectivity index (χ3n) is 2.33. The summed E-state index contributed by atoms with van der Waals surface area (Å²) in [6, 6.07) is 0. The van der Waals surface area contributed by atoms with Crippen molar-refractivity contribution in [3.8, 4) is 0 Å². The highest BCUT2D eigenvalue weighted by molar-refractivity contribution is 7.11. The molecule has 15 heavy (non-hydrogen) atoms. The molecule has 1 heterocycles. The van der Waals surface area contributed by atoms with Gasteiger partial charge in [-0.3, -0.25) is 0 Å². The Morgan fingerprint density at radius 1 is 1.60 bits per heavy atom. The van der Waals surface area contributed by atoms with Crippen LogP contribution in [0.2, 0.25) is 0 Å². The van der Waals surface area contributed by atoms with E-state index >= 15 is 0 Å². The number of hydrogen-bond donors (Lipinski definition) is 2. The van der Waals surface area contributed by atoms with Gasteiger partial charge in [-0.2, -0.15) is 0 Å². The van der Waals surface area contributed by atoms with Crippen LogP contribution < -0.4 is 5.32 Å². The normalized spacial score (nSPS) is 13.0. The van der Waals surface area contributed by atoms with Gasteiger partial charge in [-0.05, 0) is 32.7 Å². The summed E-state index contributed by atoms with van der Waals surface area (Å²) in [6.45, 7) is 5.89. The Labute approximate surface area is 95.6 Å². The van der Waals surface area contributed by atoms with E-state index in [9.17, 15) is 5.11 Å². The van der Waals surface area contributed by atoms with Gasteiger partial charge in [-0.15, -0.1) is 11.3 Å². The first kappa shape index (κ1) is 12.6. The maximum absolute atomic E-state index is 9.34. The number of thiazole rings is 1. The van der Waals surface area contributed by atoms with E-state index in [0.29, 0.717) is 0 Å². The summed E-state index contributed by atoms with van der Waals surface area (Å²) in [7, 11) is 0. The average molecular weight is 228 g/mol. The third kappa shape index (κ3) is 5.25. The Hall–Kier alpha value is -0.450. The van der Waals surface area contributed by atoms with Crippen LogP contribution in [0.25, 0.3) is 0 Å². The van der Waals surface area contributed by atoms with Gasteiger partial charge in [0.25, 0.3) is 0 Å². The zero-order valence-corrected chi connectivity index (χ0v) is 10.3. The van der Waals surface area contributed by atoms with Gasteiger partial charge in [-0.25, -0.2) is 4.98 Å². The molecule has 1 aromatic rings. The quantitative estimate of drug-likeness (QED) is 0.702. The first-order valence-corrected chi connectivity index (χ1v) is 6.34. The van der Waals surface area contributed by atoms with Crippen LogP contribution in [-0.2, 0) is 6.54 Å². The standard InChI is InChI=1S/C11H20N2OS/c1-3-10(14)5-4-6-12-7-11-8-13-9(2)15-11/h8,10,12,14H,3-7H2,1-2H3. The largest absolute Gasteiger partial charge is 0.393 e. The second-order valence-corrected chi connectivity index (χ2v) is 5.05.